The second-order valence-corrected chi connectivity index (χ2v) is 3.89. The summed E-state index contributed by atoms with van der Waals surface area (Å²) in [7, 11) is 0. The average Bonchev–Trinajstić information content (AvgIpc) is 2.19. The summed E-state index contributed by atoms with van der Waals surface area (Å²) in [5, 5.41) is 3.37. The second-order valence-electron chi connectivity index (χ2n) is 3.53. The van der Waals surface area contributed by atoms with Gasteiger partial charge in [0.25, 0.3) is 0 Å². The molecule has 0 aliphatic rings. The average molecular weight is 243 g/mol. The van der Waals surface area contributed by atoms with Crippen LogP contribution in [0.4, 0.5) is 5.82 Å². The number of amides is 1. The molecule has 3 N–H and O–H groups in total. The number of hydrogen-bond donors (Lipinski definition) is 2. The smallest absolute Gasteiger partial charge is 0.217 e. The van der Waals surface area contributed by atoms with E-state index in [1.807, 2.05) is 13.8 Å². The number of rotatable bonds is 5. The first-order valence-electron chi connectivity index (χ1n) is 5.03. The van der Waals surface area contributed by atoms with Crippen LogP contribution in [-0.2, 0) is 4.79 Å². The lowest BCUT2D eigenvalue weighted by molar-refractivity contribution is -0.118. The minimum atomic E-state index is -0.306. The molecule has 0 atom stereocenters. The Labute approximate surface area is 99.4 Å². The molecular weight excluding hydrogens is 228 g/mol. The third-order valence-corrected chi connectivity index (χ3v) is 2.42. The lowest BCUT2D eigenvalue weighted by Crippen LogP contribution is -2.13. The van der Waals surface area contributed by atoms with E-state index in [-0.39, 0.29) is 5.91 Å². The zero-order valence-electron chi connectivity index (χ0n) is 9.38. The number of carbonyl (C=O) groups is 1. The third-order valence-electron chi connectivity index (χ3n) is 2.16. The van der Waals surface area contributed by atoms with Crippen LogP contribution >= 0.6 is 11.6 Å². The van der Waals surface area contributed by atoms with Crippen molar-refractivity contribution in [1.29, 1.82) is 0 Å². The number of nitrogens with zero attached hydrogens (tertiary/aromatic N) is 2. The summed E-state index contributed by atoms with van der Waals surface area (Å²) in [5.74, 6) is 0.244. The Bertz CT molecular complexity index is 395. The van der Waals surface area contributed by atoms with E-state index in [1.165, 1.54) is 0 Å². The first kappa shape index (κ1) is 12.7. The number of nitrogens with one attached hydrogen (secondary N) is 1. The highest BCUT2D eigenvalue weighted by atomic mass is 35.5. The fraction of sp³-hybridized carbons (Fsp3) is 0.500. The molecular formula is C10H15ClN4O. The van der Waals surface area contributed by atoms with Gasteiger partial charge in [-0.2, -0.15) is 0 Å². The number of carbonyl (C=O) groups excluding carboxylic acids is 1. The molecule has 6 heteroatoms. The first-order valence-corrected chi connectivity index (χ1v) is 5.41. The highest BCUT2D eigenvalue weighted by Gasteiger charge is 2.06. The summed E-state index contributed by atoms with van der Waals surface area (Å²) < 4.78 is 0. The number of hydrogen-bond acceptors (Lipinski definition) is 4. The van der Waals surface area contributed by atoms with E-state index in [0.717, 1.165) is 11.4 Å². The van der Waals surface area contributed by atoms with Crippen molar-refractivity contribution in [3.05, 3.63) is 16.5 Å². The lowest BCUT2D eigenvalue weighted by atomic mass is 10.3. The minimum Gasteiger partial charge on any atom is -0.370 e. The number of aryl methyl sites for hydroxylation is 2. The van der Waals surface area contributed by atoms with Gasteiger partial charge < -0.3 is 11.1 Å². The van der Waals surface area contributed by atoms with Gasteiger partial charge in [0.15, 0.2) is 11.0 Å². The van der Waals surface area contributed by atoms with E-state index in [4.69, 9.17) is 17.3 Å². The number of aromatic nitrogens is 2. The maximum atomic E-state index is 10.5. The van der Waals surface area contributed by atoms with Crippen molar-refractivity contribution in [2.45, 2.75) is 26.7 Å². The summed E-state index contributed by atoms with van der Waals surface area (Å²) in [4.78, 5) is 18.9. The SMILES string of the molecule is Cc1nc(Cl)c(NCCCC(N)=O)nc1C. The molecule has 0 saturated heterocycles. The van der Waals surface area contributed by atoms with Gasteiger partial charge in [0.1, 0.15) is 0 Å². The predicted molar refractivity (Wildman–Crippen MR) is 63.4 cm³/mol. The van der Waals surface area contributed by atoms with E-state index in [9.17, 15) is 4.79 Å². The van der Waals surface area contributed by atoms with Crippen LogP contribution in [-0.4, -0.2) is 22.4 Å². The van der Waals surface area contributed by atoms with E-state index >= 15 is 0 Å². The van der Waals surface area contributed by atoms with Crippen LogP contribution in [0.3, 0.4) is 0 Å². The summed E-state index contributed by atoms with van der Waals surface area (Å²) in [6.07, 6.45) is 1.00. The monoisotopic (exact) mass is 242 g/mol. The third kappa shape index (κ3) is 3.66. The van der Waals surface area contributed by atoms with Crippen LogP contribution in [0.1, 0.15) is 24.2 Å². The van der Waals surface area contributed by atoms with Gasteiger partial charge in [0, 0.05) is 13.0 Å². The fourth-order valence-corrected chi connectivity index (χ4v) is 1.39. The van der Waals surface area contributed by atoms with Crippen molar-refractivity contribution in [2.75, 3.05) is 11.9 Å². The predicted octanol–water partition coefficient (Wildman–Crippen LogP) is 1.42. The van der Waals surface area contributed by atoms with Crippen molar-refractivity contribution in [3.8, 4) is 0 Å². The van der Waals surface area contributed by atoms with Gasteiger partial charge in [-0.1, -0.05) is 11.6 Å². The molecule has 0 unspecified atom stereocenters. The van der Waals surface area contributed by atoms with Crippen molar-refractivity contribution >= 4 is 23.3 Å². The van der Waals surface area contributed by atoms with Gasteiger partial charge in [0.2, 0.25) is 5.91 Å². The zero-order chi connectivity index (χ0) is 12.1. The normalized spacial score (nSPS) is 10.2. The second kappa shape index (κ2) is 5.65. The molecule has 1 aromatic heterocycles. The fourth-order valence-electron chi connectivity index (χ4n) is 1.16. The van der Waals surface area contributed by atoms with Gasteiger partial charge in [0.05, 0.1) is 11.4 Å². The molecule has 0 aliphatic heterocycles. The molecule has 0 saturated carbocycles. The van der Waals surface area contributed by atoms with Crippen LogP contribution in [0, 0.1) is 13.8 Å². The summed E-state index contributed by atoms with van der Waals surface area (Å²) in [6, 6.07) is 0. The number of nitrogens with two attached hydrogens (primary N) is 1. The Morgan fingerprint density at radius 3 is 2.62 bits per heavy atom. The topological polar surface area (TPSA) is 80.9 Å². The van der Waals surface area contributed by atoms with Crippen molar-refractivity contribution in [2.24, 2.45) is 5.73 Å². The van der Waals surface area contributed by atoms with E-state index < -0.39 is 0 Å². The molecule has 1 rings (SSSR count). The van der Waals surface area contributed by atoms with Gasteiger partial charge in [-0.15, -0.1) is 0 Å². The lowest BCUT2D eigenvalue weighted by Gasteiger charge is -2.08. The molecule has 1 aromatic rings. The summed E-state index contributed by atoms with van der Waals surface area (Å²) in [5.41, 5.74) is 6.67. The standard InChI is InChI=1S/C10H15ClN4O/c1-6-7(2)15-10(9(11)14-6)13-5-3-4-8(12)16/h3-5H2,1-2H3,(H2,12,16)(H,13,15). The van der Waals surface area contributed by atoms with Crippen LogP contribution in [0.5, 0.6) is 0 Å². The minimum absolute atomic E-state index is 0.306. The number of primary amides is 1. The van der Waals surface area contributed by atoms with Crippen molar-refractivity contribution in [3.63, 3.8) is 0 Å². The van der Waals surface area contributed by atoms with E-state index in [0.29, 0.717) is 30.4 Å². The Morgan fingerprint density at radius 2 is 2.00 bits per heavy atom. The van der Waals surface area contributed by atoms with E-state index in [2.05, 4.69) is 15.3 Å². The molecule has 0 bridgehead atoms. The zero-order valence-corrected chi connectivity index (χ0v) is 10.1. The highest BCUT2D eigenvalue weighted by molar-refractivity contribution is 6.31. The first-order chi connectivity index (χ1) is 7.50. The Balaban J connectivity index is 2.54. The van der Waals surface area contributed by atoms with E-state index in [1.54, 1.807) is 0 Å². The van der Waals surface area contributed by atoms with Crippen LogP contribution in [0.2, 0.25) is 5.15 Å². The van der Waals surface area contributed by atoms with Crippen molar-refractivity contribution in [1.82, 2.24) is 9.97 Å². The molecule has 1 heterocycles. The summed E-state index contributed by atoms with van der Waals surface area (Å²) >= 11 is 5.92. The van der Waals surface area contributed by atoms with Crippen LogP contribution < -0.4 is 11.1 Å². The molecule has 16 heavy (non-hydrogen) atoms. The Kier molecular flexibility index (Phi) is 4.49. The molecule has 0 aliphatic carbocycles. The molecule has 5 nitrogen and oxygen atoms in total. The summed E-state index contributed by atoms with van der Waals surface area (Å²) in [6.45, 7) is 4.32. The maximum absolute atomic E-state index is 10.5. The molecule has 0 aromatic carbocycles. The van der Waals surface area contributed by atoms with Gasteiger partial charge in [-0.3, -0.25) is 4.79 Å². The quantitative estimate of drug-likeness (QED) is 0.766. The molecule has 88 valence electrons. The number of halogens is 1. The largest absolute Gasteiger partial charge is 0.370 e. The Morgan fingerprint density at radius 1 is 1.38 bits per heavy atom. The maximum Gasteiger partial charge on any atom is 0.217 e. The van der Waals surface area contributed by atoms with Gasteiger partial charge in [-0.25, -0.2) is 9.97 Å². The molecule has 0 radical (unpaired) electrons. The molecule has 1 amide bonds. The highest BCUT2D eigenvalue weighted by Crippen LogP contribution is 2.18. The van der Waals surface area contributed by atoms with Crippen LogP contribution in [0.15, 0.2) is 0 Å². The van der Waals surface area contributed by atoms with Gasteiger partial charge >= 0.3 is 0 Å². The van der Waals surface area contributed by atoms with Crippen LogP contribution in [0.25, 0.3) is 0 Å². The van der Waals surface area contributed by atoms with Gasteiger partial charge in [-0.05, 0) is 20.3 Å². The molecule has 0 fully saturated rings. The van der Waals surface area contributed by atoms with Crippen molar-refractivity contribution < 1.29 is 4.79 Å². The molecule has 0 spiro atoms. The number of anilines is 1. The Hall–Kier alpha value is -1.36.